The Morgan fingerprint density at radius 3 is 2.56 bits per heavy atom. The molecule has 4 nitrogen and oxygen atoms in total. The van der Waals surface area contributed by atoms with E-state index in [-0.39, 0.29) is 23.7 Å². The number of rotatable bonds is 3. The van der Waals surface area contributed by atoms with Crippen LogP contribution in [0.3, 0.4) is 0 Å². The SMILES string of the molecule is C=C[C@H](N)c1c(Br)ccc(C(=O)O)c1O.Cl. The molecule has 1 atom stereocenters. The summed E-state index contributed by atoms with van der Waals surface area (Å²) in [4.78, 5) is 10.8. The second-order valence-electron chi connectivity index (χ2n) is 2.92. The monoisotopic (exact) mass is 307 g/mol. The molecule has 16 heavy (non-hydrogen) atoms. The second kappa shape index (κ2) is 5.89. The van der Waals surface area contributed by atoms with Gasteiger partial charge in [0.25, 0.3) is 0 Å². The highest BCUT2D eigenvalue weighted by Crippen LogP contribution is 2.34. The lowest BCUT2D eigenvalue weighted by Gasteiger charge is -2.13. The third-order valence-corrected chi connectivity index (χ3v) is 2.67. The zero-order valence-corrected chi connectivity index (χ0v) is 10.6. The number of carboxylic acids is 1. The van der Waals surface area contributed by atoms with Gasteiger partial charge < -0.3 is 15.9 Å². The topological polar surface area (TPSA) is 83.6 Å². The van der Waals surface area contributed by atoms with Crippen LogP contribution in [0.2, 0.25) is 0 Å². The lowest BCUT2D eigenvalue weighted by atomic mass is 10.0. The molecule has 6 heteroatoms. The summed E-state index contributed by atoms with van der Waals surface area (Å²) < 4.78 is 0.553. The van der Waals surface area contributed by atoms with E-state index in [9.17, 15) is 9.90 Å². The van der Waals surface area contributed by atoms with Crippen molar-refractivity contribution in [2.75, 3.05) is 0 Å². The number of nitrogens with two attached hydrogens (primary N) is 1. The average molecular weight is 309 g/mol. The Balaban J connectivity index is 0.00000225. The number of aromatic hydroxyl groups is 1. The fourth-order valence-corrected chi connectivity index (χ4v) is 1.78. The highest BCUT2D eigenvalue weighted by molar-refractivity contribution is 9.10. The quantitative estimate of drug-likeness (QED) is 0.749. The maximum Gasteiger partial charge on any atom is 0.339 e. The normalized spacial score (nSPS) is 11.4. The molecule has 0 fully saturated rings. The van der Waals surface area contributed by atoms with Crippen LogP contribution in [0.1, 0.15) is 22.0 Å². The predicted octanol–water partition coefficient (Wildman–Crippen LogP) is 2.46. The van der Waals surface area contributed by atoms with Crippen molar-refractivity contribution in [3.63, 3.8) is 0 Å². The largest absolute Gasteiger partial charge is 0.507 e. The Kier molecular flexibility index (Phi) is 5.50. The van der Waals surface area contributed by atoms with Crippen LogP contribution in [-0.4, -0.2) is 16.2 Å². The van der Waals surface area contributed by atoms with Crippen molar-refractivity contribution in [3.05, 3.63) is 40.4 Å². The van der Waals surface area contributed by atoms with Crippen molar-refractivity contribution in [2.24, 2.45) is 5.73 Å². The van der Waals surface area contributed by atoms with Crippen LogP contribution in [0, 0.1) is 0 Å². The predicted molar refractivity (Wildman–Crippen MR) is 67.1 cm³/mol. The zero-order valence-electron chi connectivity index (χ0n) is 8.18. The summed E-state index contributed by atoms with van der Waals surface area (Å²) in [5.74, 6) is -1.53. The van der Waals surface area contributed by atoms with E-state index < -0.39 is 12.0 Å². The van der Waals surface area contributed by atoms with Crippen LogP contribution in [0.5, 0.6) is 5.75 Å². The van der Waals surface area contributed by atoms with E-state index >= 15 is 0 Å². The number of benzene rings is 1. The van der Waals surface area contributed by atoms with Gasteiger partial charge in [-0.05, 0) is 12.1 Å². The molecule has 0 heterocycles. The number of aromatic carboxylic acids is 1. The minimum absolute atomic E-state index is 0. The van der Waals surface area contributed by atoms with E-state index in [1.165, 1.54) is 18.2 Å². The zero-order chi connectivity index (χ0) is 11.6. The van der Waals surface area contributed by atoms with Crippen molar-refractivity contribution >= 4 is 34.3 Å². The number of phenols is 1. The van der Waals surface area contributed by atoms with Gasteiger partial charge in [-0.3, -0.25) is 0 Å². The van der Waals surface area contributed by atoms with Crippen LogP contribution < -0.4 is 5.73 Å². The average Bonchev–Trinajstić information content (AvgIpc) is 2.16. The Labute approximate surface area is 107 Å². The third kappa shape index (κ3) is 2.75. The fraction of sp³-hybridized carbons (Fsp3) is 0.100. The number of hydrogen-bond donors (Lipinski definition) is 3. The Morgan fingerprint density at radius 1 is 1.56 bits per heavy atom. The van der Waals surface area contributed by atoms with Gasteiger partial charge in [0.2, 0.25) is 0 Å². The molecule has 0 aliphatic heterocycles. The van der Waals surface area contributed by atoms with E-state index in [0.717, 1.165) is 0 Å². The highest BCUT2D eigenvalue weighted by Gasteiger charge is 2.18. The van der Waals surface area contributed by atoms with Gasteiger partial charge in [-0.25, -0.2) is 4.79 Å². The van der Waals surface area contributed by atoms with Gasteiger partial charge in [-0.1, -0.05) is 22.0 Å². The lowest BCUT2D eigenvalue weighted by Crippen LogP contribution is -2.10. The van der Waals surface area contributed by atoms with E-state index in [2.05, 4.69) is 22.5 Å². The Morgan fingerprint density at radius 2 is 2.12 bits per heavy atom. The van der Waals surface area contributed by atoms with Crippen LogP contribution in [0.15, 0.2) is 29.3 Å². The number of carboxylic acid groups (broad SMARTS) is 1. The molecule has 0 aliphatic rings. The molecular weight excluding hydrogens is 297 g/mol. The van der Waals surface area contributed by atoms with Crippen LogP contribution in [0.4, 0.5) is 0 Å². The van der Waals surface area contributed by atoms with Crippen LogP contribution >= 0.6 is 28.3 Å². The van der Waals surface area contributed by atoms with Crippen LogP contribution in [0.25, 0.3) is 0 Å². The van der Waals surface area contributed by atoms with Gasteiger partial charge in [-0.15, -0.1) is 19.0 Å². The summed E-state index contributed by atoms with van der Waals surface area (Å²) in [6.45, 7) is 3.49. The standard InChI is InChI=1S/C10H10BrNO3.ClH/c1-2-7(12)8-6(11)4-3-5(9(8)13)10(14)15;/h2-4,7,13H,1,12H2,(H,14,15);1H/t7-;/m0./s1. The molecule has 0 unspecified atom stereocenters. The molecule has 88 valence electrons. The van der Waals surface area contributed by atoms with E-state index in [1.54, 1.807) is 0 Å². The van der Waals surface area contributed by atoms with Crippen molar-refractivity contribution in [3.8, 4) is 5.75 Å². The first-order valence-electron chi connectivity index (χ1n) is 4.11. The van der Waals surface area contributed by atoms with E-state index in [1.807, 2.05) is 0 Å². The molecule has 0 aliphatic carbocycles. The Hall–Kier alpha value is -1.04. The fourth-order valence-electron chi connectivity index (χ4n) is 1.19. The molecule has 1 aromatic carbocycles. The number of carbonyl (C=O) groups is 1. The number of hydrogen-bond acceptors (Lipinski definition) is 3. The van der Waals surface area contributed by atoms with Gasteiger partial charge in [-0.2, -0.15) is 0 Å². The van der Waals surface area contributed by atoms with Crippen molar-refractivity contribution in [2.45, 2.75) is 6.04 Å². The minimum atomic E-state index is -1.20. The first-order valence-corrected chi connectivity index (χ1v) is 4.91. The molecule has 0 saturated carbocycles. The molecule has 4 N–H and O–H groups in total. The maximum absolute atomic E-state index is 10.8. The molecule has 0 spiro atoms. The van der Waals surface area contributed by atoms with Crippen molar-refractivity contribution in [1.29, 1.82) is 0 Å². The maximum atomic E-state index is 10.8. The highest BCUT2D eigenvalue weighted by atomic mass is 79.9. The molecule has 0 saturated heterocycles. The summed E-state index contributed by atoms with van der Waals surface area (Å²) in [5, 5.41) is 18.5. The number of halogens is 2. The van der Waals surface area contributed by atoms with E-state index in [0.29, 0.717) is 10.0 Å². The molecule has 0 radical (unpaired) electrons. The summed E-state index contributed by atoms with van der Waals surface area (Å²) in [5.41, 5.74) is 5.81. The second-order valence-corrected chi connectivity index (χ2v) is 3.78. The molecule has 1 aromatic rings. The lowest BCUT2D eigenvalue weighted by molar-refractivity contribution is 0.0693. The summed E-state index contributed by atoms with van der Waals surface area (Å²) in [7, 11) is 0. The first kappa shape index (κ1) is 15.0. The van der Waals surface area contributed by atoms with Crippen molar-refractivity contribution < 1.29 is 15.0 Å². The van der Waals surface area contributed by atoms with Gasteiger partial charge in [0, 0.05) is 10.0 Å². The van der Waals surface area contributed by atoms with Gasteiger partial charge in [0.1, 0.15) is 11.3 Å². The molecule has 1 rings (SSSR count). The summed E-state index contributed by atoms with van der Waals surface area (Å²) in [6.07, 6.45) is 1.42. The smallest absolute Gasteiger partial charge is 0.339 e. The van der Waals surface area contributed by atoms with Gasteiger partial charge in [0.05, 0.1) is 6.04 Å². The summed E-state index contributed by atoms with van der Waals surface area (Å²) in [6, 6.07) is 2.22. The van der Waals surface area contributed by atoms with E-state index in [4.69, 9.17) is 10.8 Å². The molecular formula is C10H11BrClNO3. The third-order valence-electron chi connectivity index (χ3n) is 1.98. The molecule has 0 aromatic heterocycles. The minimum Gasteiger partial charge on any atom is -0.507 e. The molecule has 0 bridgehead atoms. The summed E-state index contributed by atoms with van der Waals surface area (Å²) >= 11 is 3.19. The van der Waals surface area contributed by atoms with Gasteiger partial charge in [0.15, 0.2) is 0 Å². The molecule has 0 amide bonds. The van der Waals surface area contributed by atoms with Crippen LogP contribution in [-0.2, 0) is 0 Å². The Bertz CT molecular complexity index is 423. The van der Waals surface area contributed by atoms with Crippen molar-refractivity contribution in [1.82, 2.24) is 0 Å². The first-order chi connectivity index (χ1) is 6.99. The van der Waals surface area contributed by atoms with Gasteiger partial charge >= 0.3 is 5.97 Å².